The number of hydrogen-bond donors (Lipinski definition) is 1. The molecule has 104 valence electrons. The Morgan fingerprint density at radius 1 is 1.58 bits per heavy atom. The molecule has 1 heterocycles. The minimum atomic E-state index is -0.507. The molecular formula is C14H17BrFNO2. The summed E-state index contributed by atoms with van der Waals surface area (Å²) in [6.07, 6.45) is 1.31. The van der Waals surface area contributed by atoms with Crippen molar-refractivity contribution in [3.05, 3.63) is 34.1 Å². The number of halogens is 2. The van der Waals surface area contributed by atoms with Crippen molar-refractivity contribution >= 4 is 21.8 Å². The molecule has 1 aliphatic heterocycles. The molecule has 2 atom stereocenters. The number of amides is 1. The van der Waals surface area contributed by atoms with Gasteiger partial charge in [-0.15, -0.1) is 0 Å². The van der Waals surface area contributed by atoms with Crippen molar-refractivity contribution in [1.82, 2.24) is 4.90 Å². The van der Waals surface area contributed by atoms with Gasteiger partial charge in [-0.2, -0.15) is 0 Å². The van der Waals surface area contributed by atoms with Gasteiger partial charge in [-0.05, 0) is 38.0 Å². The number of carbonyl (C=O) groups excluding carboxylic acids is 1. The molecule has 19 heavy (non-hydrogen) atoms. The number of likely N-dealkylation sites (tertiary alicyclic amines) is 1. The van der Waals surface area contributed by atoms with Gasteiger partial charge in [-0.3, -0.25) is 4.79 Å². The second-order valence-electron chi connectivity index (χ2n) is 5.02. The van der Waals surface area contributed by atoms with Gasteiger partial charge in [-0.25, -0.2) is 4.39 Å². The number of hydrogen-bond acceptors (Lipinski definition) is 2. The SMILES string of the molecule is CC(O)C1CCCN(C(=O)c2cc(Br)ccc2F)C1. The third kappa shape index (κ3) is 3.34. The first-order chi connectivity index (χ1) is 8.99. The molecule has 1 fully saturated rings. The molecule has 1 amide bonds. The van der Waals surface area contributed by atoms with E-state index in [9.17, 15) is 14.3 Å². The molecule has 1 aromatic rings. The highest BCUT2D eigenvalue weighted by atomic mass is 79.9. The van der Waals surface area contributed by atoms with Crippen LogP contribution in [0.2, 0.25) is 0 Å². The summed E-state index contributed by atoms with van der Waals surface area (Å²) in [7, 11) is 0. The standard InChI is InChI=1S/C14H17BrFNO2/c1-9(18)10-3-2-6-17(8-10)14(19)12-7-11(15)4-5-13(12)16/h4-5,7,9-10,18H,2-3,6,8H2,1H3. The van der Waals surface area contributed by atoms with Crippen LogP contribution in [0.25, 0.3) is 0 Å². The molecule has 2 unspecified atom stereocenters. The van der Waals surface area contributed by atoms with Gasteiger partial charge in [0.05, 0.1) is 11.7 Å². The van der Waals surface area contributed by atoms with Crippen molar-refractivity contribution in [3.63, 3.8) is 0 Å². The predicted octanol–water partition coefficient (Wildman–Crippen LogP) is 2.82. The number of carbonyl (C=O) groups is 1. The van der Waals surface area contributed by atoms with Crippen molar-refractivity contribution in [3.8, 4) is 0 Å². The molecular weight excluding hydrogens is 313 g/mol. The third-order valence-corrected chi connectivity index (χ3v) is 4.08. The Bertz CT molecular complexity index is 479. The van der Waals surface area contributed by atoms with E-state index in [4.69, 9.17) is 0 Å². The maximum absolute atomic E-state index is 13.7. The van der Waals surface area contributed by atoms with E-state index in [1.54, 1.807) is 17.9 Å². The first-order valence-electron chi connectivity index (χ1n) is 6.41. The summed E-state index contributed by atoms with van der Waals surface area (Å²) < 4.78 is 14.4. The smallest absolute Gasteiger partial charge is 0.256 e. The van der Waals surface area contributed by atoms with E-state index in [0.29, 0.717) is 17.6 Å². The Balaban J connectivity index is 2.17. The zero-order valence-electron chi connectivity index (χ0n) is 10.8. The van der Waals surface area contributed by atoms with Crippen LogP contribution in [0.1, 0.15) is 30.1 Å². The van der Waals surface area contributed by atoms with E-state index in [1.807, 2.05) is 0 Å². The van der Waals surface area contributed by atoms with E-state index in [-0.39, 0.29) is 17.4 Å². The van der Waals surface area contributed by atoms with Crippen molar-refractivity contribution in [1.29, 1.82) is 0 Å². The largest absolute Gasteiger partial charge is 0.393 e. The van der Waals surface area contributed by atoms with Gasteiger partial charge >= 0.3 is 0 Å². The average molecular weight is 330 g/mol. The van der Waals surface area contributed by atoms with E-state index >= 15 is 0 Å². The van der Waals surface area contributed by atoms with Crippen LogP contribution in [0, 0.1) is 11.7 Å². The Morgan fingerprint density at radius 2 is 2.32 bits per heavy atom. The molecule has 3 nitrogen and oxygen atoms in total. The van der Waals surface area contributed by atoms with Crippen molar-refractivity contribution in [2.24, 2.45) is 5.92 Å². The van der Waals surface area contributed by atoms with Crippen LogP contribution < -0.4 is 0 Å². The maximum atomic E-state index is 13.7. The van der Waals surface area contributed by atoms with E-state index in [2.05, 4.69) is 15.9 Å². The quantitative estimate of drug-likeness (QED) is 0.906. The monoisotopic (exact) mass is 329 g/mol. The zero-order chi connectivity index (χ0) is 14.0. The van der Waals surface area contributed by atoms with Gasteiger partial charge in [0.1, 0.15) is 5.82 Å². The fourth-order valence-electron chi connectivity index (χ4n) is 2.42. The molecule has 1 saturated heterocycles. The number of rotatable bonds is 2. The molecule has 2 rings (SSSR count). The molecule has 1 N–H and O–H groups in total. The molecule has 0 aromatic heterocycles. The normalized spacial score (nSPS) is 21.3. The molecule has 0 radical (unpaired) electrons. The van der Waals surface area contributed by atoms with Gasteiger partial charge in [0, 0.05) is 23.5 Å². The van der Waals surface area contributed by atoms with Crippen LogP contribution in [-0.4, -0.2) is 35.1 Å². The summed E-state index contributed by atoms with van der Waals surface area (Å²) in [5, 5.41) is 9.63. The summed E-state index contributed by atoms with van der Waals surface area (Å²) in [6, 6.07) is 4.36. The fourth-order valence-corrected chi connectivity index (χ4v) is 2.78. The number of piperidine rings is 1. The molecule has 1 aromatic carbocycles. The van der Waals surface area contributed by atoms with Gasteiger partial charge in [0.25, 0.3) is 5.91 Å². The molecule has 0 saturated carbocycles. The minimum absolute atomic E-state index is 0.0768. The highest BCUT2D eigenvalue weighted by Gasteiger charge is 2.28. The second-order valence-corrected chi connectivity index (χ2v) is 5.93. The van der Waals surface area contributed by atoms with Crippen molar-refractivity contribution in [2.45, 2.75) is 25.9 Å². The Morgan fingerprint density at radius 3 is 3.00 bits per heavy atom. The third-order valence-electron chi connectivity index (χ3n) is 3.59. The lowest BCUT2D eigenvalue weighted by atomic mass is 9.93. The lowest BCUT2D eigenvalue weighted by molar-refractivity contribution is 0.0462. The number of nitrogens with zero attached hydrogens (tertiary/aromatic N) is 1. The van der Waals surface area contributed by atoms with Crippen LogP contribution in [0.15, 0.2) is 22.7 Å². The Hall–Kier alpha value is -0.940. The second kappa shape index (κ2) is 6.01. The van der Waals surface area contributed by atoms with Crippen molar-refractivity contribution < 1.29 is 14.3 Å². The predicted molar refractivity (Wildman–Crippen MR) is 74.4 cm³/mol. The summed E-state index contributed by atoms with van der Waals surface area (Å²) >= 11 is 3.25. The average Bonchev–Trinajstić information content (AvgIpc) is 2.41. The molecule has 5 heteroatoms. The van der Waals surface area contributed by atoms with E-state index in [1.165, 1.54) is 12.1 Å². The molecule has 0 bridgehead atoms. The summed E-state index contributed by atoms with van der Waals surface area (Å²) in [5.41, 5.74) is 0.0839. The van der Waals surface area contributed by atoms with Gasteiger partial charge < -0.3 is 10.0 Å². The molecule has 0 spiro atoms. The first kappa shape index (κ1) is 14.5. The lowest BCUT2D eigenvalue weighted by Crippen LogP contribution is -2.43. The highest BCUT2D eigenvalue weighted by Crippen LogP contribution is 2.23. The topological polar surface area (TPSA) is 40.5 Å². The molecule has 0 aliphatic carbocycles. The highest BCUT2D eigenvalue weighted by molar-refractivity contribution is 9.10. The van der Waals surface area contributed by atoms with Crippen LogP contribution in [0.4, 0.5) is 4.39 Å². The maximum Gasteiger partial charge on any atom is 0.256 e. The van der Waals surface area contributed by atoms with Gasteiger partial charge in [0.2, 0.25) is 0 Å². The minimum Gasteiger partial charge on any atom is -0.393 e. The van der Waals surface area contributed by atoms with Crippen molar-refractivity contribution in [2.75, 3.05) is 13.1 Å². The molecule has 1 aliphatic rings. The van der Waals surface area contributed by atoms with Crippen LogP contribution in [0.3, 0.4) is 0 Å². The first-order valence-corrected chi connectivity index (χ1v) is 7.20. The Labute approximate surface area is 120 Å². The fraction of sp³-hybridized carbons (Fsp3) is 0.500. The summed E-state index contributed by atoms with van der Waals surface area (Å²) in [5.74, 6) is -0.732. The number of aliphatic hydroxyl groups excluding tert-OH is 1. The summed E-state index contributed by atoms with van der Waals surface area (Å²) in [6.45, 7) is 2.84. The van der Waals surface area contributed by atoms with Crippen LogP contribution >= 0.6 is 15.9 Å². The van der Waals surface area contributed by atoms with E-state index < -0.39 is 11.9 Å². The summed E-state index contributed by atoms with van der Waals surface area (Å²) in [4.78, 5) is 14.0. The van der Waals surface area contributed by atoms with Gasteiger partial charge in [-0.1, -0.05) is 15.9 Å². The van der Waals surface area contributed by atoms with Gasteiger partial charge in [0.15, 0.2) is 0 Å². The van der Waals surface area contributed by atoms with Crippen LogP contribution in [0.5, 0.6) is 0 Å². The number of benzene rings is 1. The lowest BCUT2D eigenvalue weighted by Gasteiger charge is -2.34. The zero-order valence-corrected chi connectivity index (χ0v) is 12.4. The number of aliphatic hydroxyl groups is 1. The van der Waals surface area contributed by atoms with E-state index in [0.717, 1.165) is 12.8 Å². The Kier molecular flexibility index (Phi) is 4.58. The van der Waals surface area contributed by atoms with Crippen LogP contribution in [-0.2, 0) is 0 Å².